The fourth-order valence-electron chi connectivity index (χ4n) is 5.48. The van der Waals surface area contributed by atoms with Gasteiger partial charge in [-0.1, -0.05) is 67.1 Å². The lowest BCUT2D eigenvalue weighted by atomic mass is 9.81. The van der Waals surface area contributed by atoms with Crippen molar-refractivity contribution in [2.24, 2.45) is 17.8 Å². The van der Waals surface area contributed by atoms with Gasteiger partial charge in [-0.2, -0.15) is 0 Å². The molecule has 1 N–H and O–H groups in total. The van der Waals surface area contributed by atoms with Crippen molar-refractivity contribution in [2.45, 2.75) is 70.0 Å². The average Bonchev–Trinajstić information content (AvgIpc) is 3.14. The average molecular weight is 435 g/mol. The summed E-state index contributed by atoms with van der Waals surface area (Å²) in [6.07, 6.45) is 6.05. The van der Waals surface area contributed by atoms with Gasteiger partial charge in [0.1, 0.15) is 17.8 Å². The first-order valence-corrected chi connectivity index (χ1v) is 12.1. The highest BCUT2D eigenvalue weighted by Crippen LogP contribution is 2.41. The third kappa shape index (κ3) is 5.66. The number of hydrogen-bond acceptors (Lipinski definition) is 4. The third-order valence-corrected chi connectivity index (χ3v) is 7.29. The van der Waals surface area contributed by atoms with Gasteiger partial charge in [0.2, 0.25) is 0 Å². The molecule has 0 unspecified atom stereocenters. The Bertz CT molecular complexity index is 879. The molecule has 2 fully saturated rings. The minimum absolute atomic E-state index is 0.0106. The lowest BCUT2D eigenvalue weighted by Gasteiger charge is -2.29. The molecule has 170 valence electrons. The summed E-state index contributed by atoms with van der Waals surface area (Å²) >= 11 is 0. The first kappa shape index (κ1) is 22.7. The molecule has 0 amide bonds. The summed E-state index contributed by atoms with van der Waals surface area (Å²) in [6.45, 7) is 0. The Kier molecular flexibility index (Phi) is 7.75. The topological polar surface area (TPSA) is 63.6 Å². The number of carbonyl (C=O) groups excluding carboxylic acids is 2. The molecule has 0 aliphatic heterocycles. The number of benzene rings is 2. The van der Waals surface area contributed by atoms with Crippen molar-refractivity contribution in [2.75, 3.05) is 0 Å². The van der Waals surface area contributed by atoms with E-state index >= 15 is 0 Å². The molecule has 4 rings (SSSR count). The second-order valence-electron chi connectivity index (χ2n) is 9.45. The SMILES string of the molecule is O=C1C[C@@H](CCc2ccccc2)[C@H](CCc2ccccc2)[C@H]1C(=O)O[C@@H]1CCCC[C@H]1O. The molecule has 32 heavy (non-hydrogen) atoms. The van der Waals surface area contributed by atoms with Gasteiger partial charge in [-0.25, -0.2) is 0 Å². The standard InChI is InChI=1S/C28H34O4/c29-24-13-7-8-14-26(24)32-28(31)27-23(18-16-21-11-5-2-6-12-21)22(19-25(27)30)17-15-20-9-3-1-4-10-20/h1-6,9-12,22-24,26-27,29H,7-8,13-19H2/t22-,23+,24-,26-,27-/m1/s1. The highest BCUT2D eigenvalue weighted by atomic mass is 16.6. The maximum absolute atomic E-state index is 13.2. The fraction of sp³-hybridized carbons (Fsp3) is 0.500. The molecule has 4 nitrogen and oxygen atoms in total. The van der Waals surface area contributed by atoms with Crippen LogP contribution in [0.25, 0.3) is 0 Å². The minimum atomic E-state index is -0.700. The monoisotopic (exact) mass is 434 g/mol. The summed E-state index contributed by atoms with van der Waals surface area (Å²) in [7, 11) is 0. The summed E-state index contributed by atoms with van der Waals surface area (Å²) in [5.74, 6) is -0.939. The van der Waals surface area contributed by atoms with Crippen molar-refractivity contribution in [1.29, 1.82) is 0 Å². The predicted octanol–water partition coefficient (Wildman–Crippen LogP) is 4.92. The Morgan fingerprint density at radius 1 is 0.875 bits per heavy atom. The van der Waals surface area contributed by atoms with Crippen molar-refractivity contribution < 1.29 is 19.4 Å². The fourth-order valence-corrected chi connectivity index (χ4v) is 5.48. The van der Waals surface area contributed by atoms with Gasteiger partial charge < -0.3 is 9.84 Å². The second kappa shape index (κ2) is 10.9. The van der Waals surface area contributed by atoms with Crippen LogP contribution in [0, 0.1) is 17.8 Å². The van der Waals surface area contributed by atoms with Crippen LogP contribution in [0.3, 0.4) is 0 Å². The summed E-state index contributed by atoms with van der Waals surface area (Å²) in [5, 5.41) is 10.2. The second-order valence-corrected chi connectivity index (χ2v) is 9.45. The van der Waals surface area contributed by atoms with Crippen molar-refractivity contribution in [3.63, 3.8) is 0 Å². The van der Waals surface area contributed by atoms with Crippen molar-refractivity contribution in [1.82, 2.24) is 0 Å². The van der Waals surface area contributed by atoms with Crippen molar-refractivity contribution in [3.8, 4) is 0 Å². The molecule has 2 aromatic rings. The van der Waals surface area contributed by atoms with Crippen LogP contribution in [0.2, 0.25) is 0 Å². The zero-order valence-electron chi connectivity index (χ0n) is 18.7. The van der Waals surface area contributed by atoms with E-state index in [2.05, 4.69) is 24.3 Å². The van der Waals surface area contributed by atoms with E-state index in [0.29, 0.717) is 19.3 Å². The molecule has 0 spiro atoms. The smallest absolute Gasteiger partial charge is 0.317 e. The first-order chi connectivity index (χ1) is 15.6. The molecule has 5 atom stereocenters. The summed E-state index contributed by atoms with van der Waals surface area (Å²) in [4.78, 5) is 26.2. The van der Waals surface area contributed by atoms with Gasteiger partial charge in [-0.05, 0) is 67.9 Å². The van der Waals surface area contributed by atoms with Gasteiger partial charge >= 0.3 is 5.97 Å². The molecule has 2 aromatic carbocycles. The largest absolute Gasteiger partial charge is 0.459 e. The summed E-state index contributed by atoms with van der Waals surface area (Å²) < 4.78 is 5.74. The number of aryl methyl sites for hydroxylation is 2. The lowest BCUT2D eigenvalue weighted by molar-refractivity contribution is -0.165. The number of Topliss-reactive ketones (excluding diaryl/α,β-unsaturated/α-hetero) is 1. The molecule has 4 heteroatoms. The van der Waals surface area contributed by atoms with E-state index in [0.717, 1.165) is 38.5 Å². The number of hydrogen-bond donors (Lipinski definition) is 1. The predicted molar refractivity (Wildman–Crippen MR) is 124 cm³/mol. The molecular weight excluding hydrogens is 400 g/mol. The molecule has 0 radical (unpaired) electrons. The Morgan fingerprint density at radius 2 is 1.47 bits per heavy atom. The Labute approximate surface area is 191 Å². The maximum atomic E-state index is 13.2. The number of aliphatic hydroxyl groups is 1. The maximum Gasteiger partial charge on any atom is 0.317 e. The van der Waals surface area contributed by atoms with Crippen LogP contribution in [0.15, 0.2) is 60.7 Å². The summed E-state index contributed by atoms with van der Waals surface area (Å²) in [5.41, 5.74) is 2.49. The van der Waals surface area contributed by atoms with E-state index in [-0.39, 0.29) is 17.6 Å². The van der Waals surface area contributed by atoms with E-state index in [1.807, 2.05) is 36.4 Å². The Balaban J connectivity index is 1.46. The van der Waals surface area contributed by atoms with Gasteiger partial charge in [-0.3, -0.25) is 9.59 Å². The molecule has 2 saturated carbocycles. The lowest BCUT2D eigenvalue weighted by Crippen LogP contribution is -2.38. The van der Waals surface area contributed by atoms with Gasteiger partial charge in [0, 0.05) is 6.42 Å². The molecule has 2 aliphatic carbocycles. The highest BCUT2D eigenvalue weighted by molar-refractivity contribution is 6.01. The van der Waals surface area contributed by atoms with Crippen LogP contribution in [-0.4, -0.2) is 29.1 Å². The number of ketones is 1. The molecule has 0 saturated heterocycles. The number of carbonyl (C=O) groups is 2. The van der Waals surface area contributed by atoms with Crippen molar-refractivity contribution >= 4 is 11.8 Å². The van der Waals surface area contributed by atoms with Crippen LogP contribution >= 0.6 is 0 Å². The van der Waals surface area contributed by atoms with E-state index in [1.54, 1.807) is 0 Å². The first-order valence-electron chi connectivity index (χ1n) is 12.1. The van der Waals surface area contributed by atoms with E-state index in [9.17, 15) is 14.7 Å². The van der Waals surface area contributed by atoms with Gasteiger partial charge in [-0.15, -0.1) is 0 Å². The zero-order chi connectivity index (χ0) is 22.3. The quantitative estimate of drug-likeness (QED) is 0.473. The van der Waals surface area contributed by atoms with Gasteiger partial charge in [0.15, 0.2) is 0 Å². The number of esters is 1. The van der Waals surface area contributed by atoms with Gasteiger partial charge in [0.05, 0.1) is 6.10 Å². The van der Waals surface area contributed by atoms with Crippen LogP contribution in [-0.2, 0) is 27.2 Å². The molecule has 2 aliphatic rings. The molecular formula is C28H34O4. The normalized spacial score (nSPS) is 27.9. The molecule has 0 aromatic heterocycles. The number of aliphatic hydroxyl groups excluding tert-OH is 1. The number of rotatable bonds is 8. The third-order valence-electron chi connectivity index (χ3n) is 7.29. The minimum Gasteiger partial charge on any atom is -0.459 e. The molecule has 0 bridgehead atoms. The van der Waals surface area contributed by atoms with Crippen LogP contribution in [0.1, 0.15) is 56.1 Å². The highest BCUT2D eigenvalue weighted by Gasteiger charge is 2.47. The number of ether oxygens (including phenoxy) is 1. The van der Waals surface area contributed by atoms with Crippen molar-refractivity contribution in [3.05, 3.63) is 71.8 Å². The Hall–Kier alpha value is -2.46. The van der Waals surface area contributed by atoms with E-state index in [4.69, 9.17) is 4.74 Å². The van der Waals surface area contributed by atoms with Crippen LogP contribution in [0.5, 0.6) is 0 Å². The van der Waals surface area contributed by atoms with Crippen LogP contribution < -0.4 is 0 Å². The summed E-state index contributed by atoms with van der Waals surface area (Å²) in [6, 6.07) is 20.6. The van der Waals surface area contributed by atoms with Crippen LogP contribution in [0.4, 0.5) is 0 Å². The zero-order valence-corrected chi connectivity index (χ0v) is 18.7. The van der Waals surface area contributed by atoms with Gasteiger partial charge in [0.25, 0.3) is 0 Å². The van der Waals surface area contributed by atoms with E-state index in [1.165, 1.54) is 11.1 Å². The van der Waals surface area contributed by atoms with E-state index < -0.39 is 24.1 Å². The Morgan fingerprint density at radius 3 is 2.09 bits per heavy atom. The molecule has 0 heterocycles.